The number of piperidine rings is 2. The Bertz CT molecular complexity index is 462. The molecule has 138 valence electrons. The van der Waals surface area contributed by atoms with E-state index in [-0.39, 0.29) is 37.6 Å². The van der Waals surface area contributed by atoms with Gasteiger partial charge in [0.15, 0.2) is 0 Å². The Labute approximate surface area is 142 Å². The van der Waals surface area contributed by atoms with Crippen LogP contribution in [0.5, 0.6) is 0 Å². The normalized spacial score (nSPS) is 23.2. The standard InChI is InChI=1S/C17H28F2N2O3/c1-3-16(4-2,15(23)24)14(22)21-9-5-13(6-10-21)20-11-7-17(18,19)8-12-20/h13H,3-12H2,1-2H3,(H,23,24). The van der Waals surface area contributed by atoms with Crippen LogP contribution in [0.3, 0.4) is 0 Å². The van der Waals surface area contributed by atoms with Crippen molar-refractivity contribution in [2.45, 2.75) is 64.3 Å². The van der Waals surface area contributed by atoms with E-state index in [0.29, 0.717) is 26.2 Å². The van der Waals surface area contributed by atoms with Crippen LogP contribution in [0.1, 0.15) is 52.4 Å². The molecule has 7 heteroatoms. The Balaban J connectivity index is 1.93. The number of halogens is 2. The molecule has 2 fully saturated rings. The zero-order valence-electron chi connectivity index (χ0n) is 14.6. The molecule has 0 saturated carbocycles. The third-order valence-electron chi connectivity index (χ3n) is 5.82. The van der Waals surface area contributed by atoms with E-state index in [9.17, 15) is 23.5 Å². The highest BCUT2D eigenvalue weighted by atomic mass is 19.3. The molecule has 2 rings (SSSR count). The van der Waals surface area contributed by atoms with Gasteiger partial charge in [0.05, 0.1) is 0 Å². The van der Waals surface area contributed by atoms with Crippen molar-refractivity contribution in [2.24, 2.45) is 5.41 Å². The monoisotopic (exact) mass is 346 g/mol. The van der Waals surface area contributed by atoms with Gasteiger partial charge in [-0.05, 0) is 25.7 Å². The van der Waals surface area contributed by atoms with Crippen molar-refractivity contribution in [2.75, 3.05) is 26.2 Å². The molecular weight excluding hydrogens is 318 g/mol. The van der Waals surface area contributed by atoms with Crippen molar-refractivity contribution in [1.82, 2.24) is 9.80 Å². The number of carbonyl (C=O) groups is 2. The van der Waals surface area contributed by atoms with Crippen LogP contribution in [-0.2, 0) is 9.59 Å². The molecule has 2 heterocycles. The molecule has 5 nitrogen and oxygen atoms in total. The minimum Gasteiger partial charge on any atom is -0.480 e. The lowest BCUT2D eigenvalue weighted by molar-refractivity contribution is -0.162. The van der Waals surface area contributed by atoms with E-state index < -0.39 is 17.3 Å². The number of carboxylic acid groups (broad SMARTS) is 1. The Hall–Kier alpha value is -1.24. The molecular formula is C17H28F2N2O3. The second kappa shape index (κ2) is 7.33. The maximum absolute atomic E-state index is 13.3. The third kappa shape index (κ3) is 3.71. The summed E-state index contributed by atoms with van der Waals surface area (Å²) >= 11 is 0. The smallest absolute Gasteiger partial charge is 0.319 e. The van der Waals surface area contributed by atoms with E-state index in [2.05, 4.69) is 4.90 Å². The van der Waals surface area contributed by atoms with Crippen molar-refractivity contribution in [3.63, 3.8) is 0 Å². The van der Waals surface area contributed by atoms with Gasteiger partial charge in [0, 0.05) is 45.1 Å². The SMILES string of the molecule is CCC(CC)(C(=O)O)C(=O)N1CCC(N2CCC(F)(F)CC2)CC1. The summed E-state index contributed by atoms with van der Waals surface area (Å²) in [5.41, 5.74) is -1.33. The van der Waals surface area contributed by atoms with Crippen LogP contribution >= 0.6 is 0 Å². The zero-order valence-corrected chi connectivity index (χ0v) is 14.6. The minimum absolute atomic E-state index is 0.0973. The zero-order chi connectivity index (χ0) is 18.0. The van der Waals surface area contributed by atoms with Gasteiger partial charge in [-0.2, -0.15) is 0 Å². The molecule has 2 aliphatic heterocycles. The van der Waals surface area contributed by atoms with Gasteiger partial charge in [-0.25, -0.2) is 8.78 Å². The van der Waals surface area contributed by atoms with Crippen LogP contribution in [0.25, 0.3) is 0 Å². The first-order valence-corrected chi connectivity index (χ1v) is 8.90. The summed E-state index contributed by atoms with van der Waals surface area (Å²) in [5, 5.41) is 9.50. The van der Waals surface area contributed by atoms with Crippen LogP contribution in [0.4, 0.5) is 8.78 Å². The molecule has 24 heavy (non-hydrogen) atoms. The van der Waals surface area contributed by atoms with Crippen LogP contribution in [-0.4, -0.2) is 64.9 Å². The highest BCUT2D eigenvalue weighted by Gasteiger charge is 2.46. The molecule has 0 aromatic rings. The topological polar surface area (TPSA) is 60.9 Å². The Kier molecular flexibility index (Phi) is 5.83. The number of hydrogen-bond acceptors (Lipinski definition) is 3. The second-order valence-corrected chi connectivity index (χ2v) is 7.01. The minimum atomic E-state index is -2.55. The van der Waals surface area contributed by atoms with Crippen LogP contribution in [0, 0.1) is 5.41 Å². The van der Waals surface area contributed by atoms with E-state index >= 15 is 0 Å². The average molecular weight is 346 g/mol. The number of aliphatic carboxylic acids is 1. The van der Waals surface area contributed by atoms with Gasteiger partial charge < -0.3 is 10.0 Å². The first-order valence-electron chi connectivity index (χ1n) is 8.90. The lowest BCUT2D eigenvalue weighted by Gasteiger charge is -2.43. The number of carboxylic acids is 1. The first-order chi connectivity index (χ1) is 11.3. The van der Waals surface area contributed by atoms with Crippen LogP contribution in [0.15, 0.2) is 0 Å². The van der Waals surface area contributed by atoms with Crippen molar-refractivity contribution in [1.29, 1.82) is 0 Å². The predicted molar refractivity (Wildman–Crippen MR) is 86.0 cm³/mol. The maximum Gasteiger partial charge on any atom is 0.319 e. The van der Waals surface area contributed by atoms with E-state index in [1.54, 1.807) is 18.7 Å². The van der Waals surface area contributed by atoms with Gasteiger partial charge in [0.2, 0.25) is 5.91 Å². The number of hydrogen-bond donors (Lipinski definition) is 1. The number of amides is 1. The molecule has 0 bridgehead atoms. The summed E-state index contributed by atoms with van der Waals surface area (Å²) in [6, 6.07) is 0.215. The summed E-state index contributed by atoms with van der Waals surface area (Å²) in [4.78, 5) is 28.1. The van der Waals surface area contributed by atoms with Crippen LogP contribution in [0.2, 0.25) is 0 Å². The third-order valence-corrected chi connectivity index (χ3v) is 5.82. The largest absolute Gasteiger partial charge is 0.480 e. The lowest BCUT2D eigenvalue weighted by Crippen LogP contribution is -2.54. The quantitative estimate of drug-likeness (QED) is 0.778. The van der Waals surface area contributed by atoms with Gasteiger partial charge in [-0.3, -0.25) is 14.5 Å². The van der Waals surface area contributed by atoms with E-state index in [0.717, 1.165) is 12.8 Å². The van der Waals surface area contributed by atoms with E-state index in [4.69, 9.17) is 0 Å². The fourth-order valence-electron chi connectivity index (χ4n) is 3.90. The Morgan fingerprint density at radius 3 is 2.00 bits per heavy atom. The highest BCUT2D eigenvalue weighted by Crippen LogP contribution is 2.33. The molecule has 2 saturated heterocycles. The number of alkyl halides is 2. The van der Waals surface area contributed by atoms with Crippen molar-refractivity contribution in [3.8, 4) is 0 Å². The summed E-state index contributed by atoms with van der Waals surface area (Å²) in [5.74, 6) is -3.90. The van der Waals surface area contributed by atoms with Gasteiger partial charge in [-0.15, -0.1) is 0 Å². The van der Waals surface area contributed by atoms with Gasteiger partial charge >= 0.3 is 5.97 Å². The molecule has 0 aromatic heterocycles. The summed E-state index contributed by atoms with van der Waals surface area (Å²) in [7, 11) is 0. The van der Waals surface area contributed by atoms with Crippen LogP contribution < -0.4 is 0 Å². The highest BCUT2D eigenvalue weighted by molar-refractivity contribution is 6.01. The summed E-state index contributed by atoms with van der Waals surface area (Å²) in [6.07, 6.45) is 1.80. The molecule has 0 aromatic carbocycles. The number of carbonyl (C=O) groups excluding carboxylic acids is 1. The number of rotatable bonds is 5. The number of nitrogens with zero attached hydrogens (tertiary/aromatic N) is 2. The lowest BCUT2D eigenvalue weighted by atomic mass is 9.80. The maximum atomic E-state index is 13.3. The summed E-state index contributed by atoms with van der Waals surface area (Å²) < 4.78 is 26.5. The predicted octanol–water partition coefficient (Wildman–Crippen LogP) is 2.60. The second-order valence-electron chi connectivity index (χ2n) is 7.01. The molecule has 0 radical (unpaired) electrons. The Morgan fingerprint density at radius 2 is 1.58 bits per heavy atom. The van der Waals surface area contributed by atoms with Crippen molar-refractivity contribution < 1.29 is 23.5 Å². The molecule has 0 unspecified atom stereocenters. The van der Waals surface area contributed by atoms with Gasteiger partial charge in [0.1, 0.15) is 5.41 Å². The molecule has 0 atom stereocenters. The van der Waals surface area contributed by atoms with Gasteiger partial charge in [0.25, 0.3) is 5.92 Å². The van der Waals surface area contributed by atoms with Gasteiger partial charge in [-0.1, -0.05) is 13.8 Å². The molecule has 0 aliphatic carbocycles. The van der Waals surface area contributed by atoms with Crippen molar-refractivity contribution >= 4 is 11.9 Å². The fourth-order valence-corrected chi connectivity index (χ4v) is 3.90. The average Bonchev–Trinajstić information content (AvgIpc) is 2.56. The Morgan fingerprint density at radius 1 is 1.08 bits per heavy atom. The summed E-state index contributed by atoms with van der Waals surface area (Å²) in [6.45, 7) is 5.27. The number of likely N-dealkylation sites (tertiary alicyclic amines) is 2. The van der Waals surface area contributed by atoms with E-state index in [1.165, 1.54) is 0 Å². The molecule has 1 amide bonds. The fraction of sp³-hybridized carbons (Fsp3) is 0.882. The first kappa shape index (κ1) is 19.1. The van der Waals surface area contributed by atoms with Crippen molar-refractivity contribution in [3.05, 3.63) is 0 Å². The molecule has 2 aliphatic rings. The molecule has 0 spiro atoms. The molecule has 1 N–H and O–H groups in total. The van der Waals surface area contributed by atoms with E-state index in [1.807, 2.05) is 0 Å².